The number of amides is 1. The lowest BCUT2D eigenvalue weighted by molar-refractivity contribution is -0.402. The summed E-state index contributed by atoms with van der Waals surface area (Å²) in [7, 11) is 1.57. The van der Waals surface area contributed by atoms with Crippen molar-refractivity contribution in [1.82, 2.24) is 0 Å². The molecule has 2 heterocycles. The highest BCUT2D eigenvalue weighted by Crippen LogP contribution is 2.35. The van der Waals surface area contributed by atoms with Crippen LogP contribution < -0.4 is 9.64 Å². The molecule has 1 saturated heterocycles. The number of hydrogen-bond donors (Lipinski definition) is 0. The van der Waals surface area contributed by atoms with E-state index in [-0.39, 0.29) is 11.8 Å². The van der Waals surface area contributed by atoms with Crippen LogP contribution in [0.2, 0.25) is 0 Å². The molecule has 2 aromatic rings. The zero-order chi connectivity index (χ0) is 18.7. The fourth-order valence-corrected chi connectivity index (χ4v) is 3.45. The molecule has 1 fully saturated rings. The first-order valence-electron chi connectivity index (χ1n) is 7.32. The summed E-state index contributed by atoms with van der Waals surface area (Å²) in [6, 6.07) is 9.76. The summed E-state index contributed by atoms with van der Waals surface area (Å²) in [4.78, 5) is 24.4. The van der Waals surface area contributed by atoms with Gasteiger partial charge in [-0.2, -0.15) is 0 Å². The van der Waals surface area contributed by atoms with E-state index < -0.39 is 4.92 Å². The van der Waals surface area contributed by atoms with Crippen molar-refractivity contribution in [1.29, 1.82) is 0 Å². The molecule has 0 atom stereocenters. The third-order valence-corrected chi connectivity index (χ3v) is 4.75. The Morgan fingerprint density at radius 2 is 2.00 bits per heavy atom. The van der Waals surface area contributed by atoms with Gasteiger partial charge in [0, 0.05) is 0 Å². The first-order chi connectivity index (χ1) is 12.5. The Hall–Kier alpha value is -2.91. The normalized spacial score (nSPS) is 16.0. The van der Waals surface area contributed by atoms with Gasteiger partial charge in [-0.05, 0) is 42.5 Å². The van der Waals surface area contributed by atoms with Crippen molar-refractivity contribution in [2.75, 3.05) is 12.0 Å². The van der Waals surface area contributed by atoms with Gasteiger partial charge in [0.05, 0.1) is 23.8 Å². The van der Waals surface area contributed by atoms with Crippen molar-refractivity contribution in [3.05, 3.63) is 69.3 Å². The van der Waals surface area contributed by atoms with Gasteiger partial charge in [0.2, 0.25) is 0 Å². The molecular weight excluding hydrogens is 376 g/mol. The van der Waals surface area contributed by atoms with Gasteiger partial charge in [-0.3, -0.25) is 19.8 Å². The number of anilines is 1. The SMILES string of the molecule is COc1ccc(N2C(=O)/C(=C\C=C\c3ccc([N+](=O)[O-])o3)SC2=S)cc1. The van der Waals surface area contributed by atoms with Crippen LogP contribution in [0.1, 0.15) is 5.76 Å². The van der Waals surface area contributed by atoms with E-state index in [1.165, 1.54) is 34.9 Å². The van der Waals surface area contributed by atoms with E-state index in [9.17, 15) is 14.9 Å². The number of hydrogen-bond acceptors (Lipinski definition) is 7. The van der Waals surface area contributed by atoms with Crippen LogP contribution >= 0.6 is 24.0 Å². The molecule has 132 valence electrons. The zero-order valence-electron chi connectivity index (χ0n) is 13.4. The molecule has 0 aliphatic carbocycles. The van der Waals surface area contributed by atoms with Crippen LogP contribution in [0.3, 0.4) is 0 Å². The van der Waals surface area contributed by atoms with Gasteiger partial charge in [0.25, 0.3) is 5.91 Å². The molecular formula is C17H12N2O5S2. The van der Waals surface area contributed by atoms with Gasteiger partial charge < -0.3 is 9.15 Å². The maximum atomic E-state index is 12.6. The topological polar surface area (TPSA) is 85.8 Å². The van der Waals surface area contributed by atoms with Crippen molar-refractivity contribution in [3.63, 3.8) is 0 Å². The number of furan rings is 1. The first kappa shape index (κ1) is 17.9. The number of thioether (sulfide) groups is 1. The van der Waals surface area contributed by atoms with Gasteiger partial charge in [-0.25, -0.2) is 0 Å². The third-order valence-electron chi connectivity index (χ3n) is 3.42. The predicted octanol–water partition coefficient (Wildman–Crippen LogP) is 4.16. The lowest BCUT2D eigenvalue weighted by Crippen LogP contribution is -2.27. The van der Waals surface area contributed by atoms with E-state index in [0.717, 1.165) is 0 Å². The average Bonchev–Trinajstić information content (AvgIpc) is 3.20. The summed E-state index contributed by atoms with van der Waals surface area (Å²) in [5.74, 6) is 0.430. The molecule has 1 aliphatic heterocycles. The predicted molar refractivity (Wildman–Crippen MR) is 103 cm³/mol. The molecule has 1 amide bonds. The molecule has 0 bridgehead atoms. The van der Waals surface area contributed by atoms with Crippen molar-refractivity contribution < 1.29 is 18.9 Å². The van der Waals surface area contributed by atoms with Crippen LogP contribution in [0.5, 0.6) is 5.75 Å². The summed E-state index contributed by atoms with van der Waals surface area (Å²) in [6.07, 6.45) is 4.72. The Labute approximate surface area is 158 Å². The highest BCUT2D eigenvalue weighted by Gasteiger charge is 2.32. The molecule has 1 aromatic heterocycles. The molecule has 7 nitrogen and oxygen atoms in total. The minimum Gasteiger partial charge on any atom is -0.497 e. The highest BCUT2D eigenvalue weighted by atomic mass is 32.2. The molecule has 0 saturated carbocycles. The standard InChI is InChI=1S/C17H12N2O5S2/c1-23-12-7-5-11(6-8-12)18-16(20)14(26-17(18)25)4-2-3-13-9-10-15(24-13)19(21)22/h2-10H,1H3/b3-2+,14-4+. The maximum absolute atomic E-state index is 12.6. The van der Waals surface area contributed by atoms with E-state index in [0.29, 0.717) is 26.4 Å². The highest BCUT2D eigenvalue weighted by molar-refractivity contribution is 8.27. The van der Waals surface area contributed by atoms with Crippen molar-refractivity contribution in [2.45, 2.75) is 0 Å². The number of nitrogens with zero attached hydrogens (tertiary/aromatic N) is 2. The molecule has 1 aliphatic rings. The van der Waals surface area contributed by atoms with E-state index in [1.807, 2.05) is 0 Å². The number of nitro groups is 1. The summed E-state index contributed by atoms with van der Waals surface area (Å²) >= 11 is 6.47. The second-order valence-electron chi connectivity index (χ2n) is 5.03. The summed E-state index contributed by atoms with van der Waals surface area (Å²) in [5, 5.41) is 10.6. The number of carbonyl (C=O) groups is 1. The number of ether oxygens (including phenoxy) is 1. The van der Waals surface area contributed by atoms with Gasteiger partial charge >= 0.3 is 5.88 Å². The Balaban J connectivity index is 1.75. The largest absolute Gasteiger partial charge is 0.497 e. The van der Waals surface area contributed by atoms with Gasteiger partial charge in [-0.15, -0.1) is 0 Å². The maximum Gasteiger partial charge on any atom is 0.433 e. The fraction of sp³-hybridized carbons (Fsp3) is 0.0588. The number of rotatable bonds is 5. The number of benzene rings is 1. The molecule has 3 rings (SSSR count). The van der Waals surface area contributed by atoms with Crippen molar-refractivity contribution >= 4 is 51.9 Å². The van der Waals surface area contributed by atoms with Crippen LogP contribution in [0.25, 0.3) is 6.08 Å². The second-order valence-corrected chi connectivity index (χ2v) is 6.71. The summed E-state index contributed by atoms with van der Waals surface area (Å²) in [6.45, 7) is 0. The van der Waals surface area contributed by atoms with Gasteiger partial charge in [0.1, 0.15) is 16.4 Å². The Morgan fingerprint density at radius 3 is 2.62 bits per heavy atom. The van der Waals surface area contributed by atoms with Crippen LogP contribution in [0.4, 0.5) is 11.6 Å². The average molecular weight is 388 g/mol. The zero-order valence-corrected chi connectivity index (χ0v) is 15.1. The molecule has 0 unspecified atom stereocenters. The number of carbonyl (C=O) groups excluding carboxylic acids is 1. The van der Waals surface area contributed by atoms with E-state index in [2.05, 4.69) is 0 Å². The van der Waals surface area contributed by atoms with Crippen molar-refractivity contribution in [2.24, 2.45) is 0 Å². The van der Waals surface area contributed by atoms with Crippen molar-refractivity contribution in [3.8, 4) is 5.75 Å². The van der Waals surface area contributed by atoms with Gasteiger partial charge in [-0.1, -0.05) is 30.1 Å². The third kappa shape index (κ3) is 3.68. The molecule has 0 spiro atoms. The minimum atomic E-state index is -0.614. The smallest absolute Gasteiger partial charge is 0.433 e. The minimum absolute atomic E-state index is 0.236. The van der Waals surface area contributed by atoms with Gasteiger partial charge in [0.15, 0.2) is 4.32 Å². The summed E-state index contributed by atoms with van der Waals surface area (Å²) in [5.41, 5.74) is 0.655. The second kappa shape index (κ2) is 7.54. The van der Waals surface area contributed by atoms with Crippen LogP contribution in [0, 0.1) is 10.1 Å². The van der Waals surface area contributed by atoms with Crippen LogP contribution in [-0.4, -0.2) is 22.3 Å². The number of allylic oxidation sites excluding steroid dienone is 2. The lowest BCUT2D eigenvalue weighted by atomic mass is 10.2. The molecule has 9 heteroatoms. The Bertz CT molecular complexity index is 931. The quantitative estimate of drug-likeness (QED) is 0.329. The van der Waals surface area contributed by atoms with E-state index in [4.69, 9.17) is 21.4 Å². The fourth-order valence-electron chi connectivity index (χ4n) is 2.20. The van der Waals surface area contributed by atoms with Crippen LogP contribution in [-0.2, 0) is 4.79 Å². The molecule has 0 N–H and O–H groups in total. The van der Waals surface area contributed by atoms with E-state index in [1.54, 1.807) is 43.5 Å². The number of thiocarbonyl (C=S) groups is 1. The molecule has 1 aromatic carbocycles. The monoisotopic (exact) mass is 388 g/mol. The molecule has 26 heavy (non-hydrogen) atoms. The van der Waals surface area contributed by atoms with Crippen LogP contribution in [0.15, 0.2) is 57.9 Å². The Kier molecular flexibility index (Phi) is 5.19. The summed E-state index contributed by atoms with van der Waals surface area (Å²) < 4.78 is 10.5. The molecule has 0 radical (unpaired) electrons. The first-order valence-corrected chi connectivity index (χ1v) is 8.55. The Morgan fingerprint density at radius 1 is 1.27 bits per heavy atom. The van der Waals surface area contributed by atoms with E-state index >= 15 is 0 Å². The number of methoxy groups -OCH3 is 1. The lowest BCUT2D eigenvalue weighted by Gasteiger charge is -2.14.